The molecule has 0 atom stereocenters. The summed E-state index contributed by atoms with van der Waals surface area (Å²) in [5.41, 5.74) is 1.94. The Balaban J connectivity index is 0.000000982. The Hall–Kier alpha value is -1.55. The van der Waals surface area contributed by atoms with Gasteiger partial charge in [-0.1, -0.05) is 56.3 Å². The maximum Gasteiger partial charge on any atom is 0.213 e. The first kappa shape index (κ1) is 17.4. The molecule has 19 heavy (non-hydrogen) atoms. The summed E-state index contributed by atoms with van der Waals surface area (Å²) in [5.74, 6) is 0.714. The molecule has 0 aliphatic heterocycles. The monoisotopic (exact) mass is 278 g/mol. The Kier molecular flexibility index (Phi) is 10.6. The standard InChI is InChI=1S/C12H14N2OS.C3H8/c1-3-8-16-12(13-9-15)14-11-7-5-4-6-10(11)2;1-3-2/h3-7,9H,1,8H2,2H3,(H,13,14,15);3H2,1-2H3. The van der Waals surface area contributed by atoms with Gasteiger partial charge in [0.2, 0.25) is 6.41 Å². The molecule has 0 fully saturated rings. The Morgan fingerprint density at radius 2 is 2.05 bits per heavy atom. The smallest absolute Gasteiger partial charge is 0.213 e. The molecular formula is C15H22N2OS. The number of nitrogens with one attached hydrogen (secondary N) is 1. The molecule has 0 saturated carbocycles. The average Bonchev–Trinajstić information content (AvgIpc) is 2.40. The summed E-state index contributed by atoms with van der Waals surface area (Å²) in [7, 11) is 0. The van der Waals surface area contributed by atoms with Crippen LogP contribution in [0.4, 0.5) is 5.69 Å². The molecule has 0 saturated heterocycles. The van der Waals surface area contributed by atoms with Gasteiger partial charge in [0.15, 0.2) is 5.17 Å². The summed E-state index contributed by atoms with van der Waals surface area (Å²) in [6.45, 7) is 9.86. The summed E-state index contributed by atoms with van der Waals surface area (Å²) in [6.07, 6.45) is 3.65. The third-order valence-corrected chi connectivity index (χ3v) is 2.74. The fourth-order valence-electron chi connectivity index (χ4n) is 1.09. The number of para-hydroxylation sites is 1. The Labute approximate surface area is 120 Å². The van der Waals surface area contributed by atoms with Crippen molar-refractivity contribution < 1.29 is 4.79 Å². The highest BCUT2D eigenvalue weighted by atomic mass is 32.2. The average molecular weight is 278 g/mol. The van der Waals surface area contributed by atoms with Crippen molar-refractivity contribution in [2.45, 2.75) is 27.2 Å². The predicted molar refractivity (Wildman–Crippen MR) is 86.1 cm³/mol. The first-order valence-corrected chi connectivity index (χ1v) is 7.26. The minimum absolute atomic E-state index is 0.587. The normalized spacial score (nSPS) is 10.2. The van der Waals surface area contributed by atoms with Crippen LogP contribution in [0.3, 0.4) is 0 Å². The maximum atomic E-state index is 10.4. The quantitative estimate of drug-likeness (QED) is 0.390. The van der Waals surface area contributed by atoms with Gasteiger partial charge in [0.1, 0.15) is 0 Å². The molecule has 0 bridgehead atoms. The first-order chi connectivity index (χ1) is 9.19. The van der Waals surface area contributed by atoms with Crippen molar-refractivity contribution in [2.24, 2.45) is 4.99 Å². The fraction of sp³-hybridized carbons (Fsp3) is 0.333. The van der Waals surface area contributed by atoms with Crippen molar-refractivity contribution in [3.05, 3.63) is 42.5 Å². The van der Waals surface area contributed by atoms with E-state index in [1.165, 1.54) is 18.2 Å². The van der Waals surface area contributed by atoms with Crippen molar-refractivity contribution >= 4 is 29.0 Å². The number of thioether (sulfide) groups is 1. The largest absolute Gasteiger partial charge is 0.308 e. The van der Waals surface area contributed by atoms with E-state index in [0.29, 0.717) is 17.3 Å². The van der Waals surface area contributed by atoms with E-state index in [2.05, 4.69) is 30.7 Å². The second kappa shape index (κ2) is 11.5. The number of carbonyl (C=O) groups is 1. The summed E-state index contributed by atoms with van der Waals surface area (Å²) < 4.78 is 0. The van der Waals surface area contributed by atoms with Crippen LogP contribution in [-0.2, 0) is 4.79 Å². The number of benzene rings is 1. The molecule has 0 unspecified atom stereocenters. The minimum atomic E-state index is 0.587. The van der Waals surface area contributed by atoms with E-state index in [4.69, 9.17) is 0 Å². The van der Waals surface area contributed by atoms with Crippen LogP contribution >= 0.6 is 11.8 Å². The number of aliphatic imine (C=N–C) groups is 1. The number of amides is 1. The number of rotatable bonds is 4. The number of amidine groups is 1. The van der Waals surface area contributed by atoms with E-state index < -0.39 is 0 Å². The Morgan fingerprint density at radius 3 is 2.58 bits per heavy atom. The number of aryl methyl sites for hydroxylation is 1. The molecule has 0 aliphatic carbocycles. The summed E-state index contributed by atoms with van der Waals surface area (Å²) in [6, 6.07) is 7.77. The van der Waals surface area contributed by atoms with E-state index >= 15 is 0 Å². The van der Waals surface area contributed by atoms with Crippen molar-refractivity contribution in [1.29, 1.82) is 0 Å². The number of hydrogen-bond acceptors (Lipinski definition) is 3. The van der Waals surface area contributed by atoms with Crippen molar-refractivity contribution in [3.8, 4) is 0 Å². The van der Waals surface area contributed by atoms with Crippen LogP contribution < -0.4 is 5.32 Å². The van der Waals surface area contributed by atoms with Crippen LogP contribution in [0.25, 0.3) is 0 Å². The topological polar surface area (TPSA) is 41.5 Å². The van der Waals surface area contributed by atoms with E-state index in [9.17, 15) is 4.79 Å². The van der Waals surface area contributed by atoms with Crippen molar-refractivity contribution in [3.63, 3.8) is 0 Å². The lowest BCUT2D eigenvalue weighted by Gasteiger charge is -2.04. The highest BCUT2D eigenvalue weighted by molar-refractivity contribution is 8.14. The SMILES string of the molecule is C=CCSC(=Nc1ccccc1C)NC=O.CCC. The molecule has 1 N–H and O–H groups in total. The van der Waals surface area contributed by atoms with Crippen LogP contribution in [0.15, 0.2) is 41.9 Å². The van der Waals surface area contributed by atoms with Gasteiger partial charge in [0.25, 0.3) is 0 Å². The van der Waals surface area contributed by atoms with E-state index in [0.717, 1.165) is 11.3 Å². The molecule has 1 rings (SSSR count). The number of nitrogens with zero attached hydrogens (tertiary/aromatic N) is 1. The molecule has 4 heteroatoms. The molecule has 0 aromatic heterocycles. The maximum absolute atomic E-state index is 10.4. The lowest BCUT2D eigenvalue weighted by Crippen LogP contribution is -2.18. The molecule has 3 nitrogen and oxygen atoms in total. The number of carbonyl (C=O) groups excluding carboxylic acids is 1. The number of hydrogen-bond donors (Lipinski definition) is 1. The summed E-state index contributed by atoms with van der Waals surface area (Å²) >= 11 is 1.44. The molecule has 0 aliphatic rings. The zero-order valence-electron chi connectivity index (χ0n) is 11.8. The molecule has 0 heterocycles. The van der Waals surface area contributed by atoms with Crippen LogP contribution in [-0.4, -0.2) is 17.3 Å². The molecule has 0 radical (unpaired) electrons. The minimum Gasteiger partial charge on any atom is -0.308 e. The molecule has 1 aromatic carbocycles. The summed E-state index contributed by atoms with van der Waals surface area (Å²) in [5, 5.41) is 3.16. The molecular weight excluding hydrogens is 256 g/mol. The van der Waals surface area contributed by atoms with Gasteiger partial charge in [-0.05, 0) is 18.6 Å². The van der Waals surface area contributed by atoms with Gasteiger partial charge >= 0.3 is 0 Å². The van der Waals surface area contributed by atoms with Gasteiger partial charge < -0.3 is 5.32 Å². The lowest BCUT2D eigenvalue weighted by molar-refractivity contribution is -0.108. The van der Waals surface area contributed by atoms with Gasteiger partial charge in [0, 0.05) is 5.75 Å². The second-order valence-corrected chi connectivity index (χ2v) is 4.78. The zero-order valence-corrected chi connectivity index (χ0v) is 12.7. The highest BCUT2D eigenvalue weighted by Gasteiger charge is 2.00. The van der Waals surface area contributed by atoms with Crippen LogP contribution in [0.2, 0.25) is 0 Å². The molecule has 0 spiro atoms. The van der Waals surface area contributed by atoms with Crippen LogP contribution in [0.5, 0.6) is 0 Å². The van der Waals surface area contributed by atoms with Gasteiger partial charge in [-0.15, -0.1) is 6.58 Å². The second-order valence-electron chi connectivity index (χ2n) is 3.77. The van der Waals surface area contributed by atoms with Gasteiger partial charge in [-0.25, -0.2) is 4.99 Å². The first-order valence-electron chi connectivity index (χ1n) is 6.27. The molecule has 1 aromatic rings. The van der Waals surface area contributed by atoms with E-state index in [-0.39, 0.29) is 0 Å². The van der Waals surface area contributed by atoms with Gasteiger partial charge in [-0.3, -0.25) is 4.79 Å². The third-order valence-electron chi connectivity index (χ3n) is 1.86. The summed E-state index contributed by atoms with van der Waals surface area (Å²) in [4.78, 5) is 14.8. The highest BCUT2D eigenvalue weighted by Crippen LogP contribution is 2.19. The van der Waals surface area contributed by atoms with E-state index in [1.54, 1.807) is 6.08 Å². The zero-order chi connectivity index (χ0) is 14.5. The fourth-order valence-corrected chi connectivity index (χ4v) is 1.66. The predicted octanol–water partition coefficient (Wildman–Crippen LogP) is 4.06. The van der Waals surface area contributed by atoms with Crippen molar-refractivity contribution in [2.75, 3.05) is 5.75 Å². The molecule has 1 amide bonds. The van der Waals surface area contributed by atoms with Gasteiger partial charge in [0.05, 0.1) is 5.69 Å². The molecule has 104 valence electrons. The third kappa shape index (κ3) is 8.21. The van der Waals surface area contributed by atoms with Crippen LogP contribution in [0, 0.1) is 6.92 Å². The Morgan fingerprint density at radius 1 is 1.42 bits per heavy atom. The van der Waals surface area contributed by atoms with Gasteiger partial charge in [-0.2, -0.15) is 0 Å². The van der Waals surface area contributed by atoms with Crippen molar-refractivity contribution in [1.82, 2.24) is 5.32 Å². The van der Waals surface area contributed by atoms with E-state index in [1.807, 2.05) is 31.2 Å². The lowest BCUT2D eigenvalue weighted by atomic mass is 10.2. The van der Waals surface area contributed by atoms with Crippen LogP contribution in [0.1, 0.15) is 25.8 Å². The Bertz CT molecular complexity index is 416.